The molecular weight excluding hydrogens is 534 g/mol. The average Bonchev–Trinajstić information content (AvgIpc) is 3.40. The third-order valence-corrected chi connectivity index (χ3v) is 9.13. The summed E-state index contributed by atoms with van der Waals surface area (Å²) in [6.07, 6.45) is 1.84. The number of hydrogen-bond acceptors (Lipinski definition) is 9. The van der Waals surface area contributed by atoms with Crippen LogP contribution in [0.2, 0.25) is 0 Å². The number of fused-ring (bicyclic) bond motifs is 3. The molecule has 0 aromatic heterocycles. The number of nitrogens with zero attached hydrogens (tertiary/aromatic N) is 3. The van der Waals surface area contributed by atoms with Crippen LogP contribution in [-0.4, -0.2) is 113 Å². The molecule has 0 unspecified atom stereocenters. The first kappa shape index (κ1) is 29.0. The topological polar surface area (TPSA) is 168 Å². The van der Waals surface area contributed by atoms with Crippen LogP contribution in [0.1, 0.15) is 35.2 Å². The van der Waals surface area contributed by atoms with E-state index in [9.17, 15) is 34.8 Å². The van der Waals surface area contributed by atoms with Crippen molar-refractivity contribution in [2.45, 2.75) is 37.3 Å². The van der Waals surface area contributed by atoms with Crippen molar-refractivity contribution in [2.75, 3.05) is 45.7 Å². The number of Topliss-reactive ketones (excluding diaryl/α,β-unsaturated/α-hetero) is 1. The summed E-state index contributed by atoms with van der Waals surface area (Å²) in [5.41, 5.74) is 1.42. The van der Waals surface area contributed by atoms with Gasteiger partial charge in [0.25, 0.3) is 0 Å². The molecule has 1 aromatic carbocycles. The molecule has 41 heavy (non-hydrogen) atoms. The van der Waals surface area contributed by atoms with Gasteiger partial charge in [-0.15, -0.1) is 0 Å². The second-order valence-corrected chi connectivity index (χ2v) is 11.6. The number of phenols is 1. The normalized spacial score (nSPS) is 28.1. The van der Waals surface area contributed by atoms with Gasteiger partial charge in [0.1, 0.15) is 0 Å². The quantitative estimate of drug-likeness (QED) is 0.303. The fourth-order valence-corrected chi connectivity index (χ4v) is 7.05. The van der Waals surface area contributed by atoms with Crippen LogP contribution in [0.3, 0.4) is 0 Å². The second-order valence-electron chi connectivity index (χ2n) is 11.6. The standard InChI is InChI=1S/C28H34BFN4O7/c1-32(2)21-14-9-12-8-13-15(30)10-16(33(3)17(35)11-34-6-4-5-7-34)22(36)19(13)23(37)18(12)26(39)28(14,41)25(29)20(24(21)38)27(31)40/h10,12,14,21,29,36,38-39,41H,4-9,11H2,1-3H3,(H2,31,40)/t12-,14-,21-,28+/m0/s1. The number of aliphatic hydroxyl groups is 3. The van der Waals surface area contributed by atoms with Crippen molar-refractivity contribution >= 4 is 36.2 Å². The van der Waals surface area contributed by atoms with Gasteiger partial charge in [-0.05, 0) is 25.9 Å². The number of nitrogens with two attached hydrogens (primary N) is 1. The molecule has 13 heteroatoms. The zero-order valence-electron chi connectivity index (χ0n) is 23.3. The maximum absolute atomic E-state index is 15.6. The summed E-state index contributed by atoms with van der Waals surface area (Å²) in [4.78, 5) is 43.7. The molecule has 11 nitrogen and oxygen atoms in total. The Balaban J connectivity index is 1.61. The number of ketones is 1. The summed E-state index contributed by atoms with van der Waals surface area (Å²) in [6.45, 7) is 1.58. The van der Waals surface area contributed by atoms with Crippen molar-refractivity contribution in [1.29, 1.82) is 0 Å². The van der Waals surface area contributed by atoms with E-state index in [0.29, 0.717) is 0 Å². The first-order valence-corrected chi connectivity index (χ1v) is 13.5. The SMILES string of the molecule is B=C1C(C(N)=O)=C(O)[C@@H](N(C)C)[C@@H]2C[C@@H]3Cc4c(F)cc(N(C)C(=O)CN5CCCC5)c(O)c4C(=O)C3=C(O)[C@]12O. The fourth-order valence-electron chi connectivity index (χ4n) is 7.05. The number of aliphatic hydroxyl groups excluding tert-OH is 2. The predicted octanol–water partition coefficient (Wildman–Crippen LogP) is -0.178. The van der Waals surface area contributed by atoms with Crippen LogP contribution < -0.4 is 10.6 Å². The zero-order chi connectivity index (χ0) is 30.1. The van der Waals surface area contributed by atoms with E-state index in [2.05, 4.69) is 7.49 Å². The summed E-state index contributed by atoms with van der Waals surface area (Å²) in [6, 6.07) is 0.0413. The Bertz CT molecular complexity index is 1450. The van der Waals surface area contributed by atoms with E-state index in [4.69, 9.17) is 5.73 Å². The third kappa shape index (κ3) is 4.20. The van der Waals surface area contributed by atoms with E-state index in [1.165, 1.54) is 7.05 Å². The molecule has 0 radical (unpaired) electrons. The summed E-state index contributed by atoms with van der Waals surface area (Å²) < 4.78 is 15.6. The van der Waals surface area contributed by atoms with Crippen molar-refractivity contribution in [3.63, 3.8) is 0 Å². The molecule has 1 aromatic rings. The van der Waals surface area contributed by atoms with Crippen molar-refractivity contribution < 1.29 is 39.2 Å². The van der Waals surface area contributed by atoms with Crippen LogP contribution in [0.4, 0.5) is 10.1 Å². The molecule has 1 heterocycles. The van der Waals surface area contributed by atoms with Gasteiger partial charge in [0.15, 0.2) is 0 Å². The zero-order valence-corrected chi connectivity index (χ0v) is 23.3. The van der Waals surface area contributed by atoms with Gasteiger partial charge < -0.3 is 0 Å². The van der Waals surface area contributed by atoms with Crippen molar-refractivity contribution in [3.8, 4) is 5.75 Å². The van der Waals surface area contributed by atoms with Gasteiger partial charge in [0.05, 0.1) is 0 Å². The van der Waals surface area contributed by atoms with Gasteiger partial charge in [0, 0.05) is 0 Å². The summed E-state index contributed by atoms with van der Waals surface area (Å²) in [5, 5.41) is 45.6. The number of rotatable bonds is 5. The first-order valence-electron chi connectivity index (χ1n) is 13.5. The van der Waals surface area contributed by atoms with Gasteiger partial charge in [-0.25, -0.2) is 0 Å². The number of primary amides is 1. The first-order chi connectivity index (χ1) is 19.2. The maximum atomic E-state index is 15.6. The molecule has 1 aliphatic heterocycles. The van der Waals surface area contributed by atoms with E-state index in [1.54, 1.807) is 19.0 Å². The van der Waals surface area contributed by atoms with Gasteiger partial charge in [-0.2, -0.15) is 0 Å². The van der Waals surface area contributed by atoms with Crippen LogP contribution >= 0.6 is 0 Å². The number of carbonyl (C=O) groups is 3. The number of likely N-dealkylation sites (tertiary alicyclic amines) is 1. The number of aromatic hydroxyl groups is 1. The number of carbonyl (C=O) groups excluding carboxylic acids is 3. The van der Waals surface area contributed by atoms with Crippen LogP contribution in [0.15, 0.2) is 28.7 Å². The predicted molar refractivity (Wildman–Crippen MR) is 150 cm³/mol. The van der Waals surface area contributed by atoms with Gasteiger partial charge in [-0.3, -0.25) is 0 Å². The van der Waals surface area contributed by atoms with Gasteiger partial charge in [0.2, 0.25) is 0 Å². The van der Waals surface area contributed by atoms with Gasteiger partial charge >= 0.3 is 211 Å². The molecule has 1 fully saturated rings. The van der Waals surface area contributed by atoms with E-state index in [-0.39, 0.29) is 41.7 Å². The molecule has 1 saturated heterocycles. The molecule has 3 aliphatic carbocycles. The summed E-state index contributed by atoms with van der Waals surface area (Å²) in [5.74, 6) is -6.74. The van der Waals surface area contributed by atoms with Crippen LogP contribution in [0, 0.1) is 17.7 Å². The molecule has 5 rings (SSSR count). The van der Waals surface area contributed by atoms with Crippen LogP contribution in [-0.2, 0) is 16.0 Å². The average molecular weight is 568 g/mol. The Hall–Kier alpha value is -3.55. The third-order valence-electron chi connectivity index (χ3n) is 9.13. The summed E-state index contributed by atoms with van der Waals surface area (Å²) in [7, 11) is 8.35. The number of likely N-dealkylation sites (N-methyl/N-ethyl adjacent to an activating group) is 2. The van der Waals surface area contributed by atoms with Gasteiger partial charge in [-0.1, -0.05) is 0 Å². The van der Waals surface area contributed by atoms with E-state index in [0.717, 1.165) is 36.9 Å². The number of benzene rings is 1. The van der Waals surface area contributed by atoms with E-state index < -0.39 is 75.3 Å². The number of halogens is 1. The molecule has 0 bridgehead atoms. The molecule has 0 spiro atoms. The number of phenolic OH excluding ortho intramolecular Hbond substituents is 1. The van der Waals surface area contributed by atoms with Crippen molar-refractivity contribution in [1.82, 2.24) is 9.80 Å². The Morgan fingerprint density at radius 1 is 1.20 bits per heavy atom. The molecule has 4 aliphatic rings. The Labute approximate surface area is 237 Å². The number of hydrogen-bond donors (Lipinski definition) is 5. The molecular formula is C28H34BFN4O7. The molecule has 4 atom stereocenters. The number of allylic oxidation sites excluding steroid dienone is 1. The van der Waals surface area contributed by atoms with E-state index in [1.807, 2.05) is 4.90 Å². The monoisotopic (exact) mass is 568 g/mol. The molecule has 6 N–H and O–H groups in total. The van der Waals surface area contributed by atoms with E-state index >= 15 is 4.39 Å². The Kier molecular flexibility index (Phi) is 7.11. The molecule has 0 saturated carbocycles. The minimum absolute atomic E-state index is 0.00915. The fraction of sp³-hybridized carbons (Fsp3) is 0.500. The molecule has 218 valence electrons. The van der Waals surface area contributed by atoms with Crippen LogP contribution in [0.25, 0.3) is 0 Å². The van der Waals surface area contributed by atoms with Crippen LogP contribution in [0.5, 0.6) is 5.75 Å². The minimum atomic E-state index is -2.35. The van der Waals surface area contributed by atoms with Crippen molar-refractivity contribution in [3.05, 3.63) is 45.7 Å². The number of amides is 2. The number of anilines is 1. The summed E-state index contributed by atoms with van der Waals surface area (Å²) >= 11 is 0. The Morgan fingerprint density at radius 3 is 2.41 bits per heavy atom. The van der Waals surface area contributed by atoms with Crippen molar-refractivity contribution in [2.24, 2.45) is 17.6 Å². The second kappa shape index (κ2) is 10.1. The molecule has 2 amide bonds. The Morgan fingerprint density at radius 2 is 1.83 bits per heavy atom.